The number of amides is 1. The normalized spacial score (nSPS) is 19.0. The molecule has 0 aromatic heterocycles. The third-order valence-electron chi connectivity index (χ3n) is 7.00. The number of hydrogen-bond acceptors (Lipinski definition) is 5. The lowest BCUT2D eigenvalue weighted by Crippen LogP contribution is -2.45. The summed E-state index contributed by atoms with van der Waals surface area (Å²) in [6, 6.07) is 6.81. The molecule has 1 heterocycles. The summed E-state index contributed by atoms with van der Waals surface area (Å²) in [5.41, 5.74) is 0.0672. The minimum Gasteiger partial charge on any atom is -0.373 e. The standard InChI is InChI=1S/C26H30ClF3N2O4S/c1-16(18-9-20(27)12-21(28)10-18)32-7-5-26(30,6-8-32)15-36-14-19-11-24(29)23(13-22(19)17-3-4-17)25(33)31-37(2,34)35/h9-13,16-17H,3-8,14-15H2,1-2H3,(H,31,33)/t16-/m1/s1. The van der Waals surface area contributed by atoms with Crippen molar-refractivity contribution in [2.75, 3.05) is 26.0 Å². The quantitative estimate of drug-likeness (QED) is 0.454. The first-order valence-electron chi connectivity index (χ1n) is 12.1. The average Bonchev–Trinajstić information content (AvgIpc) is 3.62. The highest BCUT2D eigenvalue weighted by Crippen LogP contribution is 2.43. The van der Waals surface area contributed by atoms with Gasteiger partial charge in [-0.2, -0.15) is 0 Å². The lowest BCUT2D eigenvalue weighted by molar-refractivity contribution is -0.0367. The highest BCUT2D eigenvalue weighted by atomic mass is 35.5. The molecule has 11 heteroatoms. The predicted octanol–water partition coefficient (Wildman–Crippen LogP) is 5.27. The maximum atomic E-state index is 15.5. The lowest BCUT2D eigenvalue weighted by atomic mass is 9.92. The van der Waals surface area contributed by atoms with Gasteiger partial charge in [-0.25, -0.2) is 26.3 Å². The zero-order valence-electron chi connectivity index (χ0n) is 20.7. The average molecular weight is 559 g/mol. The van der Waals surface area contributed by atoms with E-state index in [4.69, 9.17) is 16.3 Å². The maximum absolute atomic E-state index is 15.5. The van der Waals surface area contributed by atoms with Crippen molar-refractivity contribution in [2.45, 2.75) is 56.8 Å². The Kier molecular flexibility index (Phi) is 8.23. The number of ether oxygens (including phenoxy) is 1. The number of alkyl halides is 1. The Bertz CT molecular complexity index is 1260. The third-order valence-corrected chi connectivity index (χ3v) is 7.77. The van der Waals surface area contributed by atoms with Gasteiger partial charge in [0.25, 0.3) is 5.91 Å². The van der Waals surface area contributed by atoms with Crippen LogP contribution in [-0.2, 0) is 21.4 Å². The highest BCUT2D eigenvalue weighted by molar-refractivity contribution is 7.89. The van der Waals surface area contributed by atoms with Crippen LogP contribution in [0.25, 0.3) is 0 Å². The van der Waals surface area contributed by atoms with Crippen molar-refractivity contribution in [2.24, 2.45) is 0 Å². The van der Waals surface area contributed by atoms with Crippen LogP contribution in [0.3, 0.4) is 0 Å². The Hall–Kier alpha value is -2.14. The smallest absolute Gasteiger partial charge is 0.267 e. The van der Waals surface area contributed by atoms with Gasteiger partial charge >= 0.3 is 0 Å². The van der Waals surface area contributed by atoms with Crippen LogP contribution in [0.5, 0.6) is 0 Å². The highest BCUT2D eigenvalue weighted by Gasteiger charge is 2.37. The van der Waals surface area contributed by atoms with Crippen molar-refractivity contribution >= 4 is 27.5 Å². The Labute approximate surface area is 220 Å². The van der Waals surface area contributed by atoms with Gasteiger partial charge in [0.15, 0.2) is 0 Å². The molecule has 2 fully saturated rings. The summed E-state index contributed by atoms with van der Waals surface area (Å²) in [4.78, 5) is 14.3. The van der Waals surface area contributed by atoms with Gasteiger partial charge in [-0.15, -0.1) is 0 Å². The molecule has 0 radical (unpaired) electrons. The molecule has 1 saturated heterocycles. The molecular formula is C26H30ClF3N2O4S. The fourth-order valence-corrected chi connectivity index (χ4v) is 5.43. The van der Waals surface area contributed by atoms with Crippen LogP contribution in [-0.4, -0.2) is 50.8 Å². The van der Waals surface area contributed by atoms with Gasteiger partial charge in [0.05, 0.1) is 25.0 Å². The van der Waals surface area contributed by atoms with E-state index in [9.17, 15) is 22.0 Å². The maximum Gasteiger partial charge on any atom is 0.267 e. The summed E-state index contributed by atoms with van der Waals surface area (Å²) >= 11 is 5.98. The number of piperidine rings is 1. The molecule has 1 aliphatic carbocycles. The number of likely N-dealkylation sites (tertiary alicyclic amines) is 1. The molecule has 1 amide bonds. The van der Waals surface area contributed by atoms with E-state index in [-0.39, 0.29) is 43.6 Å². The van der Waals surface area contributed by atoms with Gasteiger partial charge in [0.2, 0.25) is 10.0 Å². The molecule has 0 spiro atoms. The molecular weight excluding hydrogens is 529 g/mol. The van der Waals surface area contributed by atoms with Crippen LogP contribution >= 0.6 is 11.6 Å². The fourth-order valence-electron chi connectivity index (χ4n) is 4.76. The minimum absolute atomic E-state index is 0.0235. The van der Waals surface area contributed by atoms with Crippen molar-refractivity contribution in [3.8, 4) is 0 Å². The molecule has 202 valence electrons. The fraction of sp³-hybridized carbons (Fsp3) is 0.500. The summed E-state index contributed by atoms with van der Waals surface area (Å²) in [5, 5.41) is 0.318. The van der Waals surface area contributed by atoms with Gasteiger partial charge < -0.3 is 4.74 Å². The SMILES string of the molecule is C[C@H](c1cc(F)cc(Cl)c1)N1CCC(F)(COCc2cc(F)c(C(=O)NS(C)(=O)=O)cc2C2CC2)CC1. The van der Waals surface area contributed by atoms with Crippen LogP contribution < -0.4 is 4.72 Å². The van der Waals surface area contributed by atoms with Crippen LogP contribution in [0.2, 0.25) is 5.02 Å². The third kappa shape index (κ3) is 7.25. The van der Waals surface area contributed by atoms with E-state index in [2.05, 4.69) is 4.90 Å². The van der Waals surface area contributed by atoms with Gasteiger partial charge in [0.1, 0.15) is 17.3 Å². The Balaban J connectivity index is 1.36. The Morgan fingerprint density at radius 3 is 2.46 bits per heavy atom. The van der Waals surface area contributed by atoms with E-state index in [1.165, 1.54) is 24.3 Å². The van der Waals surface area contributed by atoms with E-state index in [0.717, 1.165) is 24.7 Å². The molecule has 2 aromatic rings. The summed E-state index contributed by atoms with van der Waals surface area (Å²) in [6.07, 6.45) is 3.01. The number of benzene rings is 2. The predicted molar refractivity (Wildman–Crippen MR) is 135 cm³/mol. The molecule has 2 aromatic carbocycles. The van der Waals surface area contributed by atoms with Gasteiger partial charge in [0, 0.05) is 24.2 Å². The number of halogens is 4. The molecule has 37 heavy (non-hydrogen) atoms. The first-order valence-corrected chi connectivity index (χ1v) is 14.4. The van der Waals surface area contributed by atoms with Crippen LogP contribution in [0.1, 0.15) is 71.6 Å². The second-order valence-electron chi connectivity index (χ2n) is 10.1. The molecule has 0 bridgehead atoms. The van der Waals surface area contributed by atoms with Crippen LogP contribution in [0.15, 0.2) is 30.3 Å². The van der Waals surface area contributed by atoms with E-state index >= 15 is 4.39 Å². The summed E-state index contributed by atoms with van der Waals surface area (Å²) < 4.78 is 74.2. The molecule has 0 unspecified atom stereocenters. The zero-order chi connectivity index (χ0) is 27.0. The van der Waals surface area contributed by atoms with E-state index in [0.29, 0.717) is 29.2 Å². The molecule has 4 rings (SSSR count). The van der Waals surface area contributed by atoms with Crippen LogP contribution in [0, 0.1) is 11.6 Å². The van der Waals surface area contributed by atoms with Crippen molar-refractivity contribution in [3.05, 3.63) is 69.2 Å². The van der Waals surface area contributed by atoms with Gasteiger partial charge in [-0.3, -0.25) is 9.69 Å². The molecule has 1 saturated carbocycles. The van der Waals surface area contributed by atoms with Gasteiger partial charge in [-0.1, -0.05) is 11.6 Å². The second-order valence-corrected chi connectivity index (χ2v) is 12.3. The number of nitrogens with one attached hydrogen (secondary N) is 1. The topological polar surface area (TPSA) is 75.7 Å². The molecule has 1 N–H and O–H groups in total. The molecule has 1 aliphatic heterocycles. The summed E-state index contributed by atoms with van der Waals surface area (Å²) in [6.45, 7) is 2.66. The number of hydrogen-bond donors (Lipinski definition) is 1. The van der Waals surface area contributed by atoms with Gasteiger partial charge in [-0.05, 0) is 85.5 Å². The van der Waals surface area contributed by atoms with E-state index in [1.54, 1.807) is 10.8 Å². The van der Waals surface area contributed by atoms with E-state index in [1.807, 2.05) is 6.92 Å². The first kappa shape index (κ1) is 27.9. The number of rotatable bonds is 9. The lowest BCUT2D eigenvalue weighted by Gasteiger charge is -2.39. The number of carbonyl (C=O) groups is 1. The first-order chi connectivity index (χ1) is 17.3. The van der Waals surface area contributed by atoms with Crippen molar-refractivity contribution in [1.29, 1.82) is 0 Å². The van der Waals surface area contributed by atoms with E-state index < -0.39 is 33.2 Å². The number of carbonyl (C=O) groups excluding carboxylic acids is 1. The van der Waals surface area contributed by atoms with Crippen molar-refractivity contribution < 1.29 is 31.1 Å². The minimum atomic E-state index is -3.84. The number of sulfonamides is 1. The Morgan fingerprint density at radius 1 is 1.19 bits per heavy atom. The summed E-state index contributed by atoms with van der Waals surface area (Å²) in [5.74, 6) is -2.17. The zero-order valence-corrected chi connectivity index (χ0v) is 22.3. The summed E-state index contributed by atoms with van der Waals surface area (Å²) in [7, 11) is -3.84. The Morgan fingerprint density at radius 2 is 1.86 bits per heavy atom. The van der Waals surface area contributed by atoms with Crippen molar-refractivity contribution in [1.82, 2.24) is 9.62 Å². The molecule has 1 atom stereocenters. The van der Waals surface area contributed by atoms with Crippen molar-refractivity contribution in [3.63, 3.8) is 0 Å². The largest absolute Gasteiger partial charge is 0.373 e. The number of nitrogens with zero attached hydrogens (tertiary/aromatic N) is 1. The second kappa shape index (κ2) is 10.9. The molecule has 6 nitrogen and oxygen atoms in total. The van der Waals surface area contributed by atoms with Crippen LogP contribution in [0.4, 0.5) is 13.2 Å². The molecule has 2 aliphatic rings. The monoisotopic (exact) mass is 558 g/mol.